The summed E-state index contributed by atoms with van der Waals surface area (Å²) in [5.74, 6) is 0.366. The fraction of sp³-hybridized carbons (Fsp3) is 0.333. The smallest absolute Gasteiger partial charge is 0.422 e. The maximum Gasteiger partial charge on any atom is 0.422 e. The van der Waals surface area contributed by atoms with E-state index in [9.17, 15) is 13.2 Å². The second-order valence-electron chi connectivity index (χ2n) is 5.66. The third-order valence-electron chi connectivity index (χ3n) is 3.93. The van der Waals surface area contributed by atoms with E-state index in [1.54, 1.807) is 6.07 Å². The molecule has 22 heavy (non-hydrogen) atoms. The fourth-order valence-electron chi connectivity index (χ4n) is 2.70. The summed E-state index contributed by atoms with van der Waals surface area (Å²) in [5.41, 5.74) is 4.27. The first-order valence-corrected chi connectivity index (χ1v) is 7.39. The molecule has 0 saturated heterocycles. The standard InChI is InChI=1S/C18H17F3O/c19-18(20,21)12-22-17-11-15-6-5-13-1-3-14(4-2-13)7-9-16(17)10-8-15/h1-4,8,10-11H,5-7,9,12H2. The minimum Gasteiger partial charge on any atom is -0.484 e. The Kier molecular flexibility index (Phi) is 4.10. The number of rotatable bonds is 2. The third-order valence-corrected chi connectivity index (χ3v) is 3.93. The molecule has 0 saturated carbocycles. The average Bonchev–Trinajstić information content (AvgIpc) is 2.47. The lowest BCUT2D eigenvalue weighted by Crippen LogP contribution is -2.20. The number of alkyl halides is 3. The van der Waals surface area contributed by atoms with E-state index in [0.29, 0.717) is 12.2 Å². The van der Waals surface area contributed by atoms with E-state index < -0.39 is 12.8 Å². The summed E-state index contributed by atoms with van der Waals surface area (Å²) in [5, 5.41) is 0. The van der Waals surface area contributed by atoms with Gasteiger partial charge in [0.1, 0.15) is 5.75 Å². The molecule has 0 amide bonds. The van der Waals surface area contributed by atoms with E-state index in [1.165, 1.54) is 11.1 Å². The molecule has 4 aliphatic carbocycles. The van der Waals surface area contributed by atoms with Crippen LogP contribution in [0.2, 0.25) is 0 Å². The monoisotopic (exact) mass is 306 g/mol. The van der Waals surface area contributed by atoms with Gasteiger partial charge in [-0.1, -0.05) is 36.4 Å². The number of hydrogen-bond donors (Lipinski definition) is 0. The molecule has 6 rings (SSSR count). The molecule has 0 spiro atoms. The lowest BCUT2D eigenvalue weighted by atomic mass is 9.96. The van der Waals surface area contributed by atoms with Gasteiger partial charge in [0.25, 0.3) is 0 Å². The molecule has 2 aromatic carbocycles. The van der Waals surface area contributed by atoms with E-state index in [1.807, 2.05) is 12.1 Å². The highest BCUT2D eigenvalue weighted by Gasteiger charge is 2.28. The summed E-state index contributed by atoms with van der Waals surface area (Å²) < 4.78 is 42.3. The minimum atomic E-state index is -4.31. The van der Waals surface area contributed by atoms with Gasteiger partial charge in [-0.25, -0.2) is 0 Å². The number of halogens is 3. The van der Waals surface area contributed by atoms with Gasteiger partial charge in [-0.3, -0.25) is 0 Å². The van der Waals surface area contributed by atoms with Crippen LogP contribution < -0.4 is 4.74 Å². The molecule has 0 heterocycles. The molecule has 0 aliphatic heterocycles. The molecule has 4 heteroatoms. The normalized spacial score (nSPS) is 14.5. The van der Waals surface area contributed by atoms with Crippen LogP contribution in [0.4, 0.5) is 13.2 Å². The molecular weight excluding hydrogens is 289 g/mol. The summed E-state index contributed by atoms with van der Waals surface area (Å²) in [7, 11) is 0. The first-order valence-electron chi connectivity index (χ1n) is 7.39. The van der Waals surface area contributed by atoms with Gasteiger partial charge in [0, 0.05) is 0 Å². The number of benzene rings is 2. The van der Waals surface area contributed by atoms with Crippen molar-refractivity contribution in [1.82, 2.24) is 0 Å². The highest BCUT2D eigenvalue weighted by molar-refractivity contribution is 5.39. The quantitative estimate of drug-likeness (QED) is 0.793. The Hall–Kier alpha value is -1.97. The van der Waals surface area contributed by atoms with Crippen molar-refractivity contribution in [2.75, 3.05) is 6.61 Å². The summed E-state index contributed by atoms with van der Waals surface area (Å²) >= 11 is 0. The second-order valence-corrected chi connectivity index (χ2v) is 5.66. The van der Waals surface area contributed by atoms with Crippen molar-refractivity contribution in [3.63, 3.8) is 0 Å². The van der Waals surface area contributed by atoms with Gasteiger partial charge < -0.3 is 4.74 Å². The lowest BCUT2D eigenvalue weighted by molar-refractivity contribution is -0.153. The van der Waals surface area contributed by atoms with Gasteiger partial charge in [-0.15, -0.1) is 0 Å². The van der Waals surface area contributed by atoms with E-state index in [2.05, 4.69) is 24.3 Å². The SMILES string of the molecule is FC(F)(F)COc1cc2ccc1CCc1ccc(cc1)CC2. The van der Waals surface area contributed by atoms with E-state index in [0.717, 1.165) is 30.4 Å². The Morgan fingerprint density at radius 2 is 1.32 bits per heavy atom. The molecule has 4 aliphatic rings. The van der Waals surface area contributed by atoms with Crippen LogP contribution in [0.5, 0.6) is 5.75 Å². The Balaban J connectivity index is 1.87. The molecular formula is C18H17F3O. The van der Waals surface area contributed by atoms with E-state index >= 15 is 0 Å². The molecule has 4 bridgehead atoms. The molecule has 0 unspecified atom stereocenters. The zero-order valence-corrected chi connectivity index (χ0v) is 12.1. The summed E-state index contributed by atoms with van der Waals surface area (Å²) in [6.07, 6.45) is -1.18. The van der Waals surface area contributed by atoms with Crippen molar-refractivity contribution >= 4 is 0 Å². The maximum absolute atomic E-state index is 12.4. The van der Waals surface area contributed by atoms with Crippen LogP contribution >= 0.6 is 0 Å². The van der Waals surface area contributed by atoms with Crippen LogP contribution in [0.15, 0.2) is 42.5 Å². The van der Waals surface area contributed by atoms with Crippen molar-refractivity contribution in [3.05, 3.63) is 64.7 Å². The van der Waals surface area contributed by atoms with Gasteiger partial charge >= 0.3 is 6.18 Å². The van der Waals surface area contributed by atoms with Crippen LogP contribution in [0.1, 0.15) is 22.3 Å². The fourth-order valence-corrected chi connectivity index (χ4v) is 2.70. The highest BCUT2D eigenvalue weighted by atomic mass is 19.4. The van der Waals surface area contributed by atoms with E-state index in [-0.39, 0.29) is 0 Å². The van der Waals surface area contributed by atoms with E-state index in [4.69, 9.17) is 4.74 Å². The topological polar surface area (TPSA) is 9.23 Å². The predicted molar refractivity (Wildman–Crippen MR) is 79.3 cm³/mol. The molecule has 0 fully saturated rings. The average molecular weight is 306 g/mol. The third kappa shape index (κ3) is 3.81. The van der Waals surface area contributed by atoms with Crippen LogP contribution in [0, 0.1) is 0 Å². The molecule has 0 N–H and O–H groups in total. The number of aryl methyl sites for hydroxylation is 4. The molecule has 0 radical (unpaired) electrons. The molecule has 2 aromatic rings. The Labute approximate surface area is 127 Å². The van der Waals surface area contributed by atoms with Crippen molar-refractivity contribution in [1.29, 1.82) is 0 Å². The summed E-state index contributed by atoms with van der Waals surface area (Å²) in [4.78, 5) is 0. The molecule has 1 nitrogen and oxygen atoms in total. The predicted octanol–water partition coefficient (Wildman–Crippen LogP) is 4.51. The van der Waals surface area contributed by atoms with Crippen molar-refractivity contribution < 1.29 is 17.9 Å². The Bertz CT molecular complexity index is 644. The van der Waals surface area contributed by atoms with Gasteiger partial charge in [0.15, 0.2) is 6.61 Å². The van der Waals surface area contributed by atoms with Gasteiger partial charge in [-0.2, -0.15) is 13.2 Å². The zero-order valence-electron chi connectivity index (χ0n) is 12.1. The maximum atomic E-state index is 12.4. The Morgan fingerprint density at radius 1 is 0.773 bits per heavy atom. The summed E-state index contributed by atoms with van der Waals surface area (Å²) in [6.45, 7) is -1.24. The van der Waals surface area contributed by atoms with Gasteiger partial charge in [0.2, 0.25) is 0 Å². The second kappa shape index (κ2) is 6.03. The lowest BCUT2D eigenvalue weighted by Gasteiger charge is -2.16. The number of hydrogen-bond acceptors (Lipinski definition) is 1. The minimum absolute atomic E-state index is 0.366. The van der Waals surface area contributed by atoms with Crippen molar-refractivity contribution in [2.24, 2.45) is 0 Å². The Morgan fingerprint density at radius 3 is 1.95 bits per heavy atom. The molecule has 116 valence electrons. The van der Waals surface area contributed by atoms with Crippen LogP contribution in [-0.2, 0) is 25.7 Å². The van der Waals surface area contributed by atoms with Crippen LogP contribution in [-0.4, -0.2) is 12.8 Å². The summed E-state index contributed by atoms with van der Waals surface area (Å²) in [6, 6.07) is 14.1. The highest BCUT2D eigenvalue weighted by Crippen LogP contribution is 2.26. The van der Waals surface area contributed by atoms with Gasteiger partial charge in [-0.05, 0) is 54.0 Å². The van der Waals surface area contributed by atoms with Crippen molar-refractivity contribution in [2.45, 2.75) is 31.9 Å². The van der Waals surface area contributed by atoms with Crippen LogP contribution in [0.3, 0.4) is 0 Å². The van der Waals surface area contributed by atoms with Crippen molar-refractivity contribution in [3.8, 4) is 5.75 Å². The van der Waals surface area contributed by atoms with Gasteiger partial charge in [0.05, 0.1) is 0 Å². The molecule has 0 aromatic heterocycles. The zero-order chi connectivity index (χ0) is 15.6. The first kappa shape index (κ1) is 14.9. The largest absolute Gasteiger partial charge is 0.484 e. The first-order chi connectivity index (χ1) is 10.5. The van der Waals surface area contributed by atoms with Crippen LogP contribution in [0.25, 0.3) is 0 Å². The molecule has 0 atom stereocenters. The number of ether oxygens (including phenoxy) is 1.